The van der Waals surface area contributed by atoms with Gasteiger partial charge in [-0.1, -0.05) is 41.9 Å². The van der Waals surface area contributed by atoms with Gasteiger partial charge in [0, 0.05) is 10.6 Å². The van der Waals surface area contributed by atoms with Crippen LogP contribution in [0.2, 0.25) is 5.02 Å². The van der Waals surface area contributed by atoms with E-state index in [4.69, 9.17) is 11.6 Å². The molecule has 42 heavy (non-hydrogen) atoms. The van der Waals surface area contributed by atoms with E-state index in [1.54, 1.807) is 24.3 Å². The van der Waals surface area contributed by atoms with Gasteiger partial charge in [-0.25, -0.2) is 16.8 Å². The summed E-state index contributed by atoms with van der Waals surface area (Å²) in [5, 5.41) is 0.267. The molecule has 222 valence electrons. The van der Waals surface area contributed by atoms with Gasteiger partial charge in [0.1, 0.15) is 5.75 Å². The highest BCUT2D eigenvalue weighted by Crippen LogP contribution is 2.36. The molecule has 0 amide bonds. The molecule has 0 fully saturated rings. The van der Waals surface area contributed by atoms with E-state index < -0.39 is 53.7 Å². The van der Waals surface area contributed by atoms with Crippen molar-refractivity contribution in [2.45, 2.75) is 22.3 Å². The van der Waals surface area contributed by atoms with Crippen LogP contribution in [-0.4, -0.2) is 23.2 Å². The topological polar surface area (TPSA) is 102 Å². The number of sulfonamides is 2. The van der Waals surface area contributed by atoms with Crippen LogP contribution in [0.15, 0.2) is 101 Å². The molecule has 7 nitrogen and oxygen atoms in total. The van der Waals surface area contributed by atoms with Crippen LogP contribution < -0.4 is 14.2 Å². The molecule has 0 radical (unpaired) electrons. The fraction of sp³-hybridized carbons (Fsp3) is 0.0769. The van der Waals surface area contributed by atoms with Gasteiger partial charge < -0.3 is 4.74 Å². The summed E-state index contributed by atoms with van der Waals surface area (Å²) in [6.45, 7) is 0. The summed E-state index contributed by atoms with van der Waals surface area (Å²) in [5.41, 5.74) is -1.20. The number of rotatable bonds is 8. The van der Waals surface area contributed by atoms with Gasteiger partial charge in [0.05, 0.1) is 26.7 Å². The third kappa shape index (κ3) is 7.46. The van der Waals surface area contributed by atoms with E-state index in [0.717, 1.165) is 36.4 Å². The lowest BCUT2D eigenvalue weighted by Gasteiger charge is -2.17. The summed E-state index contributed by atoms with van der Waals surface area (Å²) in [6, 6.07) is 16.3. The predicted octanol–water partition coefficient (Wildman–Crippen LogP) is 7.53. The fourth-order valence-electron chi connectivity index (χ4n) is 3.65. The van der Waals surface area contributed by atoms with Crippen molar-refractivity contribution in [2.75, 3.05) is 9.44 Å². The van der Waals surface area contributed by atoms with Crippen molar-refractivity contribution in [3.05, 3.63) is 102 Å². The quantitative estimate of drug-likeness (QED) is 0.192. The maximum absolute atomic E-state index is 13.2. The number of benzene rings is 4. The highest BCUT2D eigenvalue weighted by molar-refractivity contribution is 7.93. The molecule has 0 unspecified atom stereocenters. The molecule has 0 atom stereocenters. The number of alkyl halides is 6. The zero-order valence-corrected chi connectivity index (χ0v) is 23.1. The molecular weight excluding hydrogens is 634 g/mol. The molecule has 0 aliphatic carbocycles. The van der Waals surface area contributed by atoms with E-state index in [0.29, 0.717) is 23.3 Å². The summed E-state index contributed by atoms with van der Waals surface area (Å²) in [7, 11) is -9.24. The van der Waals surface area contributed by atoms with Gasteiger partial charge in [-0.2, -0.15) is 13.2 Å². The van der Waals surface area contributed by atoms with Crippen LogP contribution in [-0.2, 0) is 26.2 Å². The summed E-state index contributed by atoms with van der Waals surface area (Å²) in [6.07, 6.45) is -9.84. The second-order valence-corrected chi connectivity index (χ2v) is 12.3. The normalized spacial score (nSPS) is 12.5. The Morgan fingerprint density at radius 3 is 1.88 bits per heavy atom. The smallest absolute Gasteiger partial charge is 0.406 e. The van der Waals surface area contributed by atoms with E-state index in [-0.39, 0.29) is 16.4 Å². The molecule has 0 spiro atoms. The maximum Gasteiger partial charge on any atom is 0.573 e. The molecule has 0 saturated carbocycles. The third-order valence-corrected chi connectivity index (χ3v) is 8.61. The molecule has 0 bridgehead atoms. The van der Waals surface area contributed by atoms with E-state index in [2.05, 4.69) is 14.2 Å². The Morgan fingerprint density at radius 2 is 1.26 bits per heavy atom. The first-order chi connectivity index (χ1) is 19.4. The van der Waals surface area contributed by atoms with Crippen LogP contribution in [0.1, 0.15) is 5.56 Å². The minimum absolute atomic E-state index is 0.267. The summed E-state index contributed by atoms with van der Waals surface area (Å²) >= 11 is 6.24. The van der Waals surface area contributed by atoms with E-state index in [1.807, 2.05) is 0 Å². The number of hydrogen-bond donors (Lipinski definition) is 2. The van der Waals surface area contributed by atoms with Crippen molar-refractivity contribution in [1.82, 2.24) is 0 Å². The lowest BCUT2D eigenvalue weighted by atomic mass is 10.0. The van der Waals surface area contributed by atoms with Gasteiger partial charge in [0.15, 0.2) is 0 Å². The van der Waals surface area contributed by atoms with Crippen molar-refractivity contribution in [2.24, 2.45) is 0 Å². The van der Waals surface area contributed by atoms with Crippen LogP contribution in [0.5, 0.6) is 5.75 Å². The van der Waals surface area contributed by atoms with Gasteiger partial charge >= 0.3 is 12.5 Å². The molecule has 2 N–H and O–H groups in total. The van der Waals surface area contributed by atoms with Crippen LogP contribution in [0.4, 0.5) is 37.7 Å². The van der Waals surface area contributed by atoms with E-state index in [9.17, 15) is 43.2 Å². The standard InChI is InChI=1S/C26H17ClF6N2O5S2/c27-22-7-2-1-6-21(22)16-8-13-23(34-42(38,39)20-5-3-4-17(15-20)25(28,29)30)24(14-16)35-41(36,37)19-11-9-18(10-12-19)40-26(31,32)33/h1-15,34-35H. The lowest BCUT2D eigenvalue weighted by molar-refractivity contribution is -0.274. The monoisotopic (exact) mass is 650 g/mol. The minimum Gasteiger partial charge on any atom is -0.406 e. The Labute approximate surface area is 240 Å². The molecular formula is C26H17ClF6N2O5S2. The van der Waals surface area contributed by atoms with Crippen molar-refractivity contribution >= 4 is 43.0 Å². The summed E-state index contributed by atoms with van der Waals surface area (Å²) < 4.78 is 137. The molecule has 0 aliphatic heterocycles. The van der Waals surface area contributed by atoms with E-state index in [1.165, 1.54) is 18.2 Å². The maximum atomic E-state index is 13.2. The van der Waals surface area contributed by atoms with Crippen LogP contribution in [0.25, 0.3) is 11.1 Å². The highest BCUT2D eigenvalue weighted by Gasteiger charge is 2.32. The molecule has 4 aromatic carbocycles. The molecule has 4 aromatic rings. The van der Waals surface area contributed by atoms with Crippen molar-refractivity contribution < 1.29 is 47.9 Å². The van der Waals surface area contributed by atoms with Crippen LogP contribution in [0, 0.1) is 0 Å². The summed E-state index contributed by atoms with van der Waals surface area (Å²) in [4.78, 5) is -1.26. The molecule has 0 aromatic heterocycles. The van der Waals surface area contributed by atoms with Crippen molar-refractivity contribution in [3.63, 3.8) is 0 Å². The number of nitrogens with one attached hydrogen (secondary N) is 2. The largest absolute Gasteiger partial charge is 0.573 e. The Bertz CT molecular complexity index is 1830. The Hall–Kier alpha value is -3.95. The Balaban J connectivity index is 1.75. The zero-order chi connectivity index (χ0) is 30.9. The molecule has 4 rings (SSSR count). The third-order valence-electron chi connectivity index (χ3n) is 5.53. The van der Waals surface area contributed by atoms with Crippen molar-refractivity contribution in [3.8, 4) is 16.9 Å². The molecule has 16 heteroatoms. The second-order valence-electron chi connectivity index (χ2n) is 8.50. The van der Waals surface area contributed by atoms with Crippen LogP contribution >= 0.6 is 11.6 Å². The number of halogens is 7. The molecule has 0 aliphatic rings. The van der Waals surface area contributed by atoms with Gasteiger partial charge in [-0.05, 0) is 66.2 Å². The van der Waals surface area contributed by atoms with Crippen LogP contribution in [0.3, 0.4) is 0 Å². The fourth-order valence-corrected chi connectivity index (χ4v) is 6.09. The van der Waals surface area contributed by atoms with Crippen molar-refractivity contribution in [1.29, 1.82) is 0 Å². The SMILES string of the molecule is O=S(=O)(Nc1ccc(-c2ccccc2Cl)cc1NS(=O)(=O)c1ccc(OC(F)(F)F)cc1)c1cccc(C(F)(F)F)c1. The number of ether oxygens (including phenoxy) is 1. The lowest BCUT2D eigenvalue weighted by Crippen LogP contribution is -2.19. The van der Waals surface area contributed by atoms with Gasteiger partial charge in [-0.3, -0.25) is 9.44 Å². The van der Waals surface area contributed by atoms with Gasteiger partial charge in [0.25, 0.3) is 20.0 Å². The predicted molar refractivity (Wildman–Crippen MR) is 143 cm³/mol. The minimum atomic E-state index is -5.01. The molecule has 0 saturated heterocycles. The zero-order valence-electron chi connectivity index (χ0n) is 20.7. The second kappa shape index (κ2) is 11.4. The Morgan fingerprint density at radius 1 is 0.643 bits per heavy atom. The summed E-state index contributed by atoms with van der Waals surface area (Å²) in [5.74, 6) is -0.684. The first kappa shape index (κ1) is 31.0. The van der Waals surface area contributed by atoms with Gasteiger partial charge in [0.2, 0.25) is 0 Å². The number of hydrogen-bond acceptors (Lipinski definition) is 5. The first-order valence-electron chi connectivity index (χ1n) is 11.4. The Kier molecular flexibility index (Phi) is 8.40. The average Bonchev–Trinajstić information content (AvgIpc) is 2.89. The molecule has 0 heterocycles. The highest BCUT2D eigenvalue weighted by atomic mass is 35.5. The average molecular weight is 651 g/mol. The number of anilines is 2. The van der Waals surface area contributed by atoms with E-state index >= 15 is 0 Å². The first-order valence-corrected chi connectivity index (χ1v) is 14.8. The van der Waals surface area contributed by atoms with Gasteiger partial charge in [-0.15, -0.1) is 13.2 Å².